The number of nitrogens with two attached hydrogens (primary N) is 1. The molecule has 2 rings (SSSR count). The van der Waals surface area contributed by atoms with Gasteiger partial charge < -0.3 is 10.5 Å². The predicted octanol–water partition coefficient (Wildman–Crippen LogP) is 3.06. The molecule has 0 fully saturated rings. The summed E-state index contributed by atoms with van der Waals surface area (Å²) in [5, 5.41) is 0. The summed E-state index contributed by atoms with van der Waals surface area (Å²) in [6, 6.07) is 6.56. The maximum Gasteiger partial charge on any atom is 0.119 e. The fourth-order valence-electron chi connectivity index (χ4n) is 2.07. The summed E-state index contributed by atoms with van der Waals surface area (Å²) in [7, 11) is 0. The lowest BCUT2D eigenvalue weighted by atomic mass is 10.1. The molecule has 0 radical (unpaired) electrons. The van der Waals surface area contributed by atoms with E-state index in [0.29, 0.717) is 5.92 Å². The van der Waals surface area contributed by atoms with Gasteiger partial charge in [0.2, 0.25) is 0 Å². The molecule has 2 heteroatoms. The Bertz CT molecular complexity index is 362. The third kappa shape index (κ3) is 2.38. The van der Waals surface area contributed by atoms with Crippen LogP contribution < -0.4 is 10.5 Å². The van der Waals surface area contributed by atoms with Gasteiger partial charge in [-0.05, 0) is 42.0 Å². The Hall–Kier alpha value is -1.02. The van der Waals surface area contributed by atoms with Gasteiger partial charge in [-0.15, -0.1) is 0 Å². The molecular formula is C14H21NO. The standard InChI is InChI=1S/C14H21NO/c1-3-10(2)9-16-12-5-6-13-11(8-12)4-7-14(13)15/h5-6,8,10,14H,3-4,7,9,15H2,1-2H3/t10?,14-/m1/s1. The van der Waals surface area contributed by atoms with Crippen LogP contribution in [0.2, 0.25) is 0 Å². The molecular weight excluding hydrogens is 198 g/mol. The largest absolute Gasteiger partial charge is 0.493 e. The smallest absolute Gasteiger partial charge is 0.119 e. The van der Waals surface area contributed by atoms with Crippen molar-refractivity contribution in [1.29, 1.82) is 0 Å². The number of rotatable bonds is 4. The average molecular weight is 219 g/mol. The molecule has 1 aromatic carbocycles. The second-order valence-electron chi connectivity index (χ2n) is 4.83. The second-order valence-corrected chi connectivity index (χ2v) is 4.83. The van der Waals surface area contributed by atoms with Gasteiger partial charge in [-0.3, -0.25) is 0 Å². The van der Waals surface area contributed by atoms with Crippen LogP contribution >= 0.6 is 0 Å². The Labute approximate surface area is 97.8 Å². The van der Waals surface area contributed by atoms with Gasteiger partial charge in [0.25, 0.3) is 0 Å². The van der Waals surface area contributed by atoms with Crippen molar-refractivity contribution >= 4 is 0 Å². The van der Waals surface area contributed by atoms with Crippen LogP contribution in [0.25, 0.3) is 0 Å². The zero-order valence-corrected chi connectivity index (χ0v) is 10.2. The maximum absolute atomic E-state index is 6.00. The summed E-state index contributed by atoms with van der Waals surface area (Å²) in [5.74, 6) is 1.61. The van der Waals surface area contributed by atoms with Crippen molar-refractivity contribution < 1.29 is 4.74 Å². The van der Waals surface area contributed by atoms with Crippen LogP contribution in [0.3, 0.4) is 0 Å². The number of hydrogen-bond acceptors (Lipinski definition) is 2. The van der Waals surface area contributed by atoms with Gasteiger partial charge in [0, 0.05) is 6.04 Å². The molecule has 0 heterocycles. The lowest BCUT2D eigenvalue weighted by molar-refractivity contribution is 0.256. The minimum absolute atomic E-state index is 0.235. The van der Waals surface area contributed by atoms with Gasteiger partial charge in [0.1, 0.15) is 5.75 Å². The molecule has 1 unspecified atom stereocenters. The highest BCUT2D eigenvalue weighted by molar-refractivity contribution is 5.40. The summed E-state index contributed by atoms with van der Waals surface area (Å²) in [6.45, 7) is 5.21. The van der Waals surface area contributed by atoms with Crippen LogP contribution in [-0.4, -0.2) is 6.61 Å². The Balaban J connectivity index is 2.02. The van der Waals surface area contributed by atoms with E-state index in [-0.39, 0.29) is 6.04 Å². The SMILES string of the molecule is CCC(C)COc1ccc2c(c1)CC[C@H]2N. The first-order valence-electron chi connectivity index (χ1n) is 6.22. The van der Waals surface area contributed by atoms with Gasteiger partial charge in [-0.1, -0.05) is 26.3 Å². The summed E-state index contributed by atoms with van der Waals surface area (Å²) >= 11 is 0. The Morgan fingerprint density at radius 1 is 1.50 bits per heavy atom. The maximum atomic E-state index is 6.00. The van der Waals surface area contributed by atoms with E-state index < -0.39 is 0 Å². The molecule has 2 atom stereocenters. The summed E-state index contributed by atoms with van der Waals surface area (Å²) < 4.78 is 5.78. The van der Waals surface area contributed by atoms with Crippen LogP contribution in [0.5, 0.6) is 5.75 Å². The van der Waals surface area contributed by atoms with E-state index in [1.165, 1.54) is 11.1 Å². The van der Waals surface area contributed by atoms with Gasteiger partial charge in [0.05, 0.1) is 6.61 Å². The minimum atomic E-state index is 0.235. The molecule has 0 saturated carbocycles. The van der Waals surface area contributed by atoms with Gasteiger partial charge in [0.15, 0.2) is 0 Å². The monoisotopic (exact) mass is 219 g/mol. The van der Waals surface area contributed by atoms with E-state index in [9.17, 15) is 0 Å². The van der Waals surface area contributed by atoms with Gasteiger partial charge in [-0.25, -0.2) is 0 Å². The lowest BCUT2D eigenvalue weighted by Gasteiger charge is -2.12. The third-order valence-corrected chi connectivity index (χ3v) is 3.47. The Kier molecular flexibility index (Phi) is 3.49. The van der Waals surface area contributed by atoms with Crippen molar-refractivity contribution in [3.63, 3.8) is 0 Å². The van der Waals surface area contributed by atoms with Crippen molar-refractivity contribution in [3.8, 4) is 5.75 Å². The zero-order valence-electron chi connectivity index (χ0n) is 10.2. The normalized spacial score (nSPS) is 20.6. The fourth-order valence-corrected chi connectivity index (χ4v) is 2.07. The highest BCUT2D eigenvalue weighted by atomic mass is 16.5. The molecule has 1 aromatic rings. The van der Waals surface area contributed by atoms with E-state index in [1.807, 2.05) is 6.07 Å². The Morgan fingerprint density at radius 3 is 3.06 bits per heavy atom. The zero-order chi connectivity index (χ0) is 11.5. The van der Waals surface area contributed by atoms with Crippen molar-refractivity contribution in [3.05, 3.63) is 29.3 Å². The molecule has 0 aliphatic heterocycles. The molecule has 0 amide bonds. The summed E-state index contributed by atoms with van der Waals surface area (Å²) in [4.78, 5) is 0. The average Bonchev–Trinajstić information content (AvgIpc) is 2.67. The summed E-state index contributed by atoms with van der Waals surface area (Å²) in [6.07, 6.45) is 3.33. The van der Waals surface area contributed by atoms with Gasteiger partial charge >= 0.3 is 0 Å². The first-order valence-corrected chi connectivity index (χ1v) is 6.22. The minimum Gasteiger partial charge on any atom is -0.493 e. The molecule has 1 aliphatic rings. The Morgan fingerprint density at radius 2 is 2.31 bits per heavy atom. The number of benzene rings is 1. The van der Waals surface area contributed by atoms with E-state index in [0.717, 1.165) is 31.6 Å². The van der Waals surface area contributed by atoms with Crippen molar-refractivity contribution in [2.24, 2.45) is 11.7 Å². The number of ether oxygens (including phenoxy) is 1. The molecule has 0 aromatic heterocycles. The van der Waals surface area contributed by atoms with Crippen molar-refractivity contribution in [1.82, 2.24) is 0 Å². The third-order valence-electron chi connectivity index (χ3n) is 3.47. The van der Waals surface area contributed by atoms with Crippen LogP contribution in [-0.2, 0) is 6.42 Å². The molecule has 2 nitrogen and oxygen atoms in total. The quantitative estimate of drug-likeness (QED) is 0.844. The molecule has 16 heavy (non-hydrogen) atoms. The first kappa shape index (κ1) is 11.5. The lowest BCUT2D eigenvalue weighted by Crippen LogP contribution is -2.08. The number of fused-ring (bicyclic) bond motifs is 1. The van der Waals surface area contributed by atoms with Gasteiger partial charge in [-0.2, -0.15) is 0 Å². The van der Waals surface area contributed by atoms with Crippen molar-refractivity contribution in [2.45, 2.75) is 39.2 Å². The molecule has 0 bridgehead atoms. The number of hydrogen-bond donors (Lipinski definition) is 1. The van der Waals surface area contributed by atoms with E-state index in [4.69, 9.17) is 10.5 Å². The second kappa shape index (κ2) is 4.88. The van der Waals surface area contributed by atoms with Crippen LogP contribution in [0.4, 0.5) is 0 Å². The molecule has 88 valence electrons. The molecule has 2 N–H and O–H groups in total. The topological polar surface area (TPSA) is 35.2 Å². The molecule has 1 aliphatic carbocycles. The fraction of sp³-hybridized carbons (Fsp3) is 0.571. The van der Waals surface area contributed by atoms with E-state index >= 15 is 0 Å². The van der Waals surface area contributed by atoms with Crippen LogP contribution in [0.1, 0.15) is 43.9 Å². The van der Waals surface area contributed by atoms with Crippen LogP contribution in [0, 0.1) is 5.92 Å². The summed E-state index contributed by atoms with van der Waals surface area (Å²) in [5.41, 5.74) is 8.67. The molecule has 0 saturated heterocycles. The van der Waals surface area contributed by atoms with E-state index in [1.54, 1.807) is 0 Å². The first-order chi connectivity index (χ1) is 7.70. The predicted molar refractivity (Wildman–Crippen MR) is 66.6 cm³/mol. The van der Waals surface area contributed by atoms with E-state index in [2.05, 4.69) is 26.0 Å². The number of aryl methyl sites for hydroxylation is 1. The molecule has 0 spiro atoms. The van der Waals surface area contributed by atoms with Crippen LogP contribution in [0.15, 0.2) is 18.2 Å². The highest BCUT2D eigenvalue weighted by Crippen LogP contribution is 2.31. The van der Waals surface area contributed by atoms with Crippen molar-refractivity contribution in [2.75, 3.05) is 6.61 Å². The highest BCUT2D eigenvalue weighted by Gasteiger charge is 2.19.